The molecule has 7 nitrogen and oxygen atoms in total. The lowest BCUT2D eigenvalue weighted by Crippen LogP contribution is -2.44. The molecule has 1 aromatic carbocycles. The molecule has 2 aromatic rings. The van der Waals surface area contributed by atoms with Crippen LogP contribution in [0.4, 0.5) is 11.5 Å². The molecule has 2 amide bonds. The Hall–Kier alpha value is -2.16. The number of benzene rings is 1. The summed E-state index contributed by atoms with van der Waals surface area (Å²) in [5.74, 6) is 0.597. The maximum Gasteiger partial charge on any atom is 0.238 e. The van der Waals surface area contributed by atoms with Gasteiger partial charge in [-0.05, 0) is 66.0 Å². The standard InChI is InChI=1S/C21H24BrClN4O3/c1-13-8-17(18(30-2)9-16(13)23)25-20(28)12-27-7-3-4-14(11-27)21(29)26-19-6-5-15(22)10-24-19/h5-6,8-10,14H,3-4,7,11-12H2,1-2H3,(H,25,28)(H,24,26,29). The molecule has 0 saturated carbocycles. The van der Waals surface area contributed by atoms with Gasteiger partial charge in [0.15, 0.2) is 0 Å². The van der Waals surface area contributed by atoms with Gasteiger partial charge in [-0.1, -0.05) is 11.6 Å². The number of hydrogen-bond acceptors (Lipinski definition) is 5. The molecular formula is C21H24BrClN4O3. The number of carbonyl (C=O) groups excluding carboxylic acids is 2. The summed E-state index contributed by atoms with van der Waals surface area (Å²) in [4.78, 5) is 31.4. The van der Waals surface area contributed by atoms with Crippen molar-refractivity contribution in [3.8, 4) is 5.75 Å². The number of nitrogens with zero attached hydrogens (tertiary/aromatic N) is 2. The topological polar surface area (TPSA) is 83.6 Å². The van der Waals surface area contributed by atoms with E-state index in [1.54, 1.807) is 24.4 Å². The Morgan fingerprint density at radius 2 is 2.13 bits per heavy atom. The average molecular weight is 496 g/mol. The van der Waals surface area contributed by atoms with E-state index < -0.39 is 0 Å². The van der Waals surface area contributed by atoms with Gasteiger partial charge in [-0.2, -0.15) is 0 Å². The number of rotatable bonds is 6. The smallest absolute Gasteiger partial charge is 0.238 e. The highest BCUT2D eigenvalue weighted by molar-refractivity contribution is 9.10. The average Bonchev–Trinajstić information content (AvgIpc) is 2.72. The summed E-state index contributed by atoms with van der Waals surface area (Å²) in [5, 5.41) is 6.32. The first-order valence-corrected chi connectivity index (χ1v) is 10.8. The molecule has 0 radical (unpaired) electrons. The van der Waals surface area contributed by atoms with E-state index in [9.17, 15) is 9.59 Å². The predicted molar refractivity (Wildman–Crippen MR) is 121 cm³/mol. The third kappa shape index (κ3) is 5.93. The highest BCUT2D eigenvalue weighted by atomic mass is 79.9. The zero-order valence-electron chi connectivity index (χ0n) is 16.9. The monoisotopic (exact) mass is 494 g/mol. The molecule has 1 unspecified atom stereocenters. The summed E-state index contributed by atoms with van der Waals surface area (Å²) < 4.78 is 6.16. The van der Waals surface area contributed by atoms with Gasteiger partial charge < -0.3 is 15.4 Å². The number of amides is 2. The first kappa shape index (κ1) is 22.5. The number of anilines is 2. The van der Waals surface area contributed by atoms with Gasteiger partial charge in [-0.3, -0.25) is 14.5 Å². The lowest BCUT2D eigenvalue weighted by molar-refractivity contribution is -0.123. The molecule has 9 heteroatoms. The van der Waals surface area contributed by atoms with Gasteiger partial charge in [0, 0.05) is 28.3 Å². The highest BCUT2D eigenvalue weighted by Gasteiger charge is 2.27. The Morgan fingerprint density at radius 1 is 1.33 bits per heavy atom. The normalized spacial score (nSPS) is 16.7. The molecule has 1 fully saturated rings. The van der Waals surface area contributed by atoms with Crippen LogP contribution >= 0.6 is 27.5 Å². The molecule has 1 saturated heterocycles. The number of pyridine rings is 1. The first-order chi connectivity index (χ1) is 14.4. The van der Waals surface area contributed by atoms with E-state index in [1.807, 2.05) is 17.9 Å². The van der Waals surface area contributed by atoms with Crippen molar-refractivity contribution < 1.29 is 14.3 Å². The molecule has 0 spiro atoms. The fourth-order valence-corrected chi connectivity index (χ4v) is 3.80. The maximum absolute atomic E-state index is 12.6. The van der Waals surface area contributed by atoms with Gasteiger partial charge in [0.1, 0.15) is 11.6 Å². The van der Waals surface area contributed by atoms with Crippen LogP contribution in [0.1, 0.15) is 18.4 Å². The summed E-state index contributed by atoms with van der Waals surface area (Å²) in [6.07, 6.45) is 3.27. The van der Waals surface area contributed by atoms with E-state index in [1.165, 1.54) is 7.11 Å². The van der Waals surface area contributed by atoms with Crippen LogP contribution in [0.25, 0.3) is 0 Å². The van der Waals surface area contributed by atoms with Crippen LogP contribution < -0.4 is 15.4 Å². The fourth-order valence-electron chi connectivity index (χ4n) is 3.41. The van der Waals surface area contributed by atoms with Crippen LogP contribution in [0.2, 0.25) is 5.02 Å². The van der Waals surface area contributed by atoms with Gasteiger partial charge in [0.05, 0.1) is 25.3 Å². The molecule has 0 aliphatic carbocycles. The van der Waals surface area contributed by atoms with E-state index in [0.717, 1.165) is 29.4 Å². The molecular weight excluding hydrogens is 472 g/mol. The highest BCUT2D eigenvalue weighted by Crippen LogP contribution is 2.31. The minimum atomic E-state index is -0.190. The summed E-state index contributed by atoms with van der Waals surface area (Å²) in [6.45, 7) is 3.35. The molecule has 3 rings (SSSR count). The van der Waals surface area contributed by atoms with Gasteiger partial charge >= 0.3 is 0 Å². The number of carbonyl (C=O) groups is 2. The molecule has 30 heavy (non-hydrogen) atoms. The van der Waals surface area contributed by atoms with Crippen molar-refractivity contribution >= 4 is 50.9 Å². The Balaban J connectivity index is 1.56. The van der Waals surface area contributed by atoms with Crippen LogP contribution in [0.3, 0.4) is 0 Å². The molecule has 2 N–H and O–H groups in total. The minimum Gasteiger partial charge on any atom is -0.495 e. The number of methoxy groups -OCH3 is 1. The zero-order chi connectivity index (χ0) is 21.7. The summed E-state index contributed by atoms with van der Waals surface area (Å²) in [6, 6.07) is 7.05. The van der Waals surface area contributed by atoms with Crippen LogP contribution in [0.5, 0.6) is 5.75 Å². The molecule has 0 bridgehead atoms. The van der Waals surface area contributed by atoms with Crippen LogP contribution in [-0.2, 0) is 9.59 Å². The number of piperidine rings is 1. The minimum absolute atomic E-state index is 0.0788. The van der Waals surface area contributed by atoms with E-state index >= 15 is 0 Å². The largest absolute Gasteiger partial charge is 0.495 e. The Bertz CT molecular complexity index is 923. The Kier molecular flexibility index (Phi) is 7.69. The zero-order valence-corrected chi connectivity index (χ0v) is 19.2. The number of nitrogens with one attached hydrogen (secondary N) is 2. The second-order valence-electron chi connectivity index (χ2n) is 7.28. The SMILES string of the molecule is COc1cc(Cl)c(C)cc1NC(=O)CN1CCCC(C(=O)Nc2ccc(Br)cn2)C1. The molecule has 1 aliphatic heterocycles. The van der Waals surface area contributed by atoms with Crippen molar-refractivity contribution in [1.82, 2.24) is 9.88 Å². The van der Waals surface area contributed by atoms with Crippen molar-refractivity contribution in [2.75, 3.05) is 37.4 Å². The second-order valence-corrected chi connectivity index (χ2v) is 8.60. The number of aromatic nitrogens is 1. The van der Waals surface area contributed by atoms with Crippen molar-refractivity contribution in [3.63, 3.8) is 0 Å². The number of hydrogen-bond donors (Lipinski definition) is 2. The molecule has 2 heterocycles. The van der Waals surface area contributed by atoms with Gasteiger partial charge in [-0.25, -0.2) is 4.98 Å². The fraction of sp³-hybridized carbons (Fsp3) is 0.381. The molecule has 160 valence electrons. The van der Waals surface area contributed by atoms with Gasteiger partial charge in [0.2, 0.25) is 11.8 Å². The van der Waals surface area contributed by atoms with Crippen LogP contribution in [-0.4, -0.2) is 48.4 Å². The third-order valence-electron chi connectivity index (χ3n) is 4.98. The number of halogens is 2. The summed E-state index contributed by atoms with van der Waals surface area (Å²) in [5.41, 5.74) is 1.43. The predicted octanol–water partition coefficient (Wildman–Crippen LogP) is 4.10. The second kappa shape index (κ2) is 10.2. The number of aryl methyl sites for hydroxylation is 1. The Morgan fingerprint density at radius 3 is 2.83 bits per heavy atom. The number of ether oxygens (including phenoxy) is 1. The van der Waals surface area contributed by atoms with E-state index in [-0.39, 0.29) is 24.3 Å². The summed E-state index contributed by atoms with van der Waals surface area (Å²) >= 11 is 9.45. The van der Waals surface area contributed by atoms with Gasteiger partial charge in [-0.15, -0.1) is 0 Å². The van der Waals surface area contributed by atoms with E-state index in [2.05, 4.69) is 31.5 Å². The number of likely N-dealkylation sites (tertiary alicyclic amines) is 1. The quantitative estimate of drug-likeness (QED) is 0.630. The summed E-state index contributed by atoms with van der Waals surface area (Å²) in [7, 11) is 1.53. The van der Waals surface area contributed by atoms with Crippen molar-refractivity contribution in [2.45, 2.75) is 19.8 Å². The van der Waals surface area contributed by atoms with E-state index in [4.69, 9.17) is 16.3 Å². The van der Waals surface area contributed by atoms with Crippen LogP contribution in [0, 0.1) is 12.8 Å². The van der Waals surface area contributed by atoms with E-state index in [0.29, 0.717) is 28.8 Å². The Labute approximate surface area is 189 Å². The maximum atomic E-state index is 12.6. The van der Waals surface area contributed by atoms with Crippen molar-refractivity contribution in [2.24, 2.45) is 5.92 Å². The molecule has 1 aromatic heterocycles. The molecule has 1 atom stereocenters. The molecule has 1 aliphatic rings. The van der Waals surface area contributed by atoms with Crippen molar-refractivity contribution in [1.29, 1.82) is 0 Å². The van der Waals surface area contributed by atoms with Crippen LogP contribution in [0.15, 0.2) is 34.9 Å². The first-order valence-electron chi connectivity index (χ1n) is 9.64. The lowest BCUT2D eigenvalue weighted by atomic mass is 9.97. The lowest BCUT2D eigenvalue weighted by Gasteiger charge is -2.31. The third-order valence-corrected chi connectivity index (χ3v) is 5.85. The van der Waals surface area contributed by atoms with Gasteiger partial charge in [0.25, 0.3) is 0 Å². The van der Waals surface area contributed by atoms with Crippen molar-refractivity contribution in [3.05, 3.63) is 45.5 Å².